The van der Waals surface area contributed by atoms with Gasteiger partial charge in [0.2, 0.25) is 5.91 Å². The van der Waals surface area contributed by atoms with Gasteiger partial charge in [0.1, 0.15) is 46.3 Å². The molecule has 3 aliphatic heterocycles. The van der Waals surface area contributed by atoms with Crippen molar-refractivity contribution in [3.63, 3.8) is 0 Å². The van der Waals surface area contributed by atoms with E-state index in [0.29, 0.717) is 17.9 Å². The van der Waals surface area contributed by atoms with Crippen LogP contribution in [0.3, 0.4) is 0 Å². The van der Waals surface area contributed by atoms with E-state index in [4.69, 9.17) is 35.3 Å². The van der Waals surface area contributed by atoms with Crippen molar-refractivity contribution in [2.75, 3.05) is 33.2 Å². The second-order valence-corrected chi connectivity index (χ2v) is 14.6. The zero-order chi connectivity index (χ0) is 36.6. The number of nitrogens with zero attached hydrogens (tertiary/aromatic N) is 2. The van der Waals surface area contributed by atoms with Crippen LogP contribution in [-0.2, 0) is 35.0 Å². The Bertz CT molecular complexity index is 1500. The van der Waals surface area contributed by atoms with Crippen LogP contribution in [0.25, 0.3) is 0 Å². The second kappa shape index (κ2) is 14.6. The van der Waals surface area contributed by atoms with Gasteiger partial charge in [-0.3, -0.25) is 19.8 Å². The summed E-state index contributed by atoms with van der Waals surface area (Å²) < 4.78 is 29.6. The molecule has 1 unspecified atom stereocenters. The van der Waals surface area contributed by atoms with Crippen molar-refractivity contribution in [2.45, 2.75) is 115 Å². The Hall–Kier alpha value is -3.16. The predicted molar refractivity (Wildman–Crippen MR) is 186 cm³/mol. The molecule has 49 heavy (non-hydrogen) atoms. The second-order valence-electron chi connectivity index (χ2n) is 14.2. The molecule has 3 heterocycles. The molecular formula is C36H52ClN3O9. The lowest BCUT2D eigenvalue weighted by Crippen LogP contribution is -2.64. The lowest BCUT2D eigenvalue weighted by atomic mass is 9.76. The number of fused-ring (bicyclic) bond motifs is 5. The molecule has 4 rings (SSSR count). The Morgan fingerprint density at radius 3 is 2.47 bits per heavy atom. The lowest BCUT2D eigenvalue weighted by molar-refractivity contribution is -0.159. The van der Waals surface area contributed by atoms with Gasteiger partial charge in [0.25, 0.3) is 0 Å². The number of carbonyl (C=O) groups is 3. The summed E-state index contributed by atoms with van der Waals surface area (Å²) in [7, 11) is 6.41. The lowest BCUT2D eigenvalue weighted by Gasteiger charge is -2.43. The Kier molecular flexibility index (Phi) is 11.5. The van der Waals surface area contributed by atoms with Crippen LogP contribution in [0.4, 0.5) is 10.5 Å². The van der Waals surface area contributed by atoms with Gasteiger partial charge in [-0.2, -0.15) is 0 Å². The van der Waals surface area contributed by atoms with Crippen molar-refractivity contribution in [3.05, 3.63) is 46.5 Å². The third-order valence-corrected chi connectivity index (χ3v) is 11.2. The molecule has 12 nitrogen and oxygen atoms in total. The van der Waals surface area contributed by atoms with Gasteiger partial charge in [0.15, 0.2) is 5.72 Å². The Balaban J connectivity index is 1.83. The zero-order valence-electron chi connectivity index (χ0n) is 30.5. The average Bonchev–Trinajstić information content (AvgIpc) is 3.63. The highest BCUT2D eigenvalue weighted by atomic mass is 35.5. The number of allylic oxidation sites excluding steroid dienone is 3. The highest BCUT2D eigenvalue weighted by molar-refractivity contribution is 6.35. The SMILES string of the molecule is COc1cc2cc(c1Cl)N(C)C(=O)C[C@H](OC(=O)[C@H](C)N(C)C(C)C)[C@]1(C)O[C@@]1(C)[C@H](C)C1C[C@@](O)(NC(=O)O1)[C@H](OC)/C=C/C=C(\C)C2. The van der Waals surface area contributed by atoms with E-state index >= 15 is 0 Å². The molecule has 8 atom stereocenters. The highest BCUT2D eigenvalue weighted by Crippen LogP contribution is 2.58. The fraction of sp³-hybridized carbons (Fsp3) is 0.639. The number of hydrogen-bond donors (Lipinski definition) is 2. The number of amides is 2. The number of nitrogens with one attached hydrogen (secondary N) is 1. The molecule has 0 saturated carbocycles. The third-order valence-electron chi connectivity index (χ3n) is 10.8. The van der Waals surface area contributed by atoms with Crippen molar-refractivity contribution >= 4 is 35.3 Å². The summed E-state index contributed by atoms with van der Waals surface area (Å²) in [4.78, 5) is 43.9. The van der Waals surface area contributed by atoms with Crippen LogP contribution in [0.2, 0.25) is 5.02 Å². The minimum absolute atomic E-state index is 0.0209. The first kappa shape index (κ1) is 38.6. The first-order valence-electron chi connectivity index (χ1n) is 16.6. The van der Waals surface area contributed by atoms with Gasteiger partial charge in [0.05, 0.1) is 19.2 Å². The number of carbonyl (C=O) groups excluding carboxylic acids is 3. The first-order chi connectivity index (χ1) is 22.8. The fourth-order valence-corrected chi connectivity index (χ4v) is 7.12. The Morgan fingerprint density at radius 1 is 1.18 bits per heavy atom. The van der Waals surface area contributed by atoms with E-state index in [0.717, 1.165) is 11.1 Å². The molecule has 0 aliphatic carbocycles. The molecule has 0 spiro atoms. The molecule has 272 valence electrons. The van der Waals surface area contributed by atoms with E-state index < -0.39 is 59.3 Å². The molecule has 1 aromatic rings. The van der Waals surface area contributed by atoms with E-state index in [1.807, 2.05) is 64.8 Å². The Labute approximate surface area is 294 Å². The van der Waals surface area contributed by atoms with Crippen LogP contribution in [-0.4, -0.2) is 104 Å². The monoisotopic (exact) mass is 705 g/mol. The zero-order valence-corrected chi connectivity index (χ0v) is 31.2. The standard InChI is InChI=1S/C36H52ClN3O9/c1-20(2)39(8)23(5)32(42)48-29-18-30(41)40(9)25-16-24(17-26(45-10)31(25)37)15-21(3)13-12-14-28(46-11)36(44)19-27(47-33(43)38-36)22(4)34(6)35(29,7)49-34/h12-14,16-17,20,22-23,27-29,44H,15,18-19H2,1-11H3,(H,38,43)/b14-12+,21-13+/t22-,23+,27?,28-,29+,34+,35+,36+/m1/s1. The average molecular weight is 706 g/mol. The van der Waals surface area contributed by atoms with E-state index in [9.17, 15) is 19.5 Å². The number of likely N-dealkylation sites (N-methyl/N-ethyl adjacent to an activating group) is 1. The molecule has 0 aromatic heterocycles. The number of benzene rings is 1. The maximum atomic E-state index is 14.1. The van der Waals surface area contributed by atoms with Gasteiger partial charge in [-0.1, -0.05) is 42.3 Å². The largest absolute Gasteiger partial charge is 0.495 e. The summed E-state index contributed by atoms with van der Waals surface area (Å²) in [5.41, 5.74) is -1.77. The summed E-state index contributed by atoms with van der Waals surface area (Å²) in [5.74, 6) is -0.988. The number of epoxide rings is 1. The predicted octanol–water partition coefficient (Wildman–Crippen LogP) is 4.79. The minimum atomic E-state index is -1.80. The number of rotatable bonds is 6. The fourth-order valence-electron chi connectivity index (χ4n) is 6.81. The van der Waals surface area contributed by atoms with Crippen LogP contribution in [0.15, 0.2) is 35.9 Å². The highest BCUT2D eigenvalue weighted by Gasteiger charge is 2.73. The van der Waals surface area contributed by atoms with E-state index in [1.54, 1.807) is 33.0 Å². The smallest absolute Gasteiger partial charge is 0.409 e. The third kappa shape index (κ3) is 7.63. The minimum Gasteiger partial charge on any atom is -0.495 e. The summed E-state index contributed by atoms with van der Waals surface area (Å²) in [5, 5.41) is 14.6. The summed E-state index contributed by atoms with van der Waals surface area (Å²) in [6, 6.07) is 3.10. The van der Waals surface area contributed by atoms with E-state index in [-0.39, 0.29) is 29.8 Å². The molecule has 4 bridgehead atoms. The van der Waals surface area contributed by atoms with Crippen molar-refractivity contribution in [3.8, 4) is 5.75 Å². The van der Waals surface area contributed by atoms with Gasteiger partial charge in [-0.15, -0.1) is 0 Å². The maximum absolute atomic E-state index is 14.1. The topological polar surface area (TPSA) is 139 Å². The molecule has 2 N–H and O–H groups in total. The van der Waals surface area contributed by atoms with Gasteiger partial charge >= 0.3 is 12.1 Å². The van der Waals surface area contributed by atoms with Crippen LogP contribution in [0.1, 0.15) is 66.9 Å². The Morgan fingerprint density at radius 2 is 1.86 bits per heavy atom. The van der Waals surface area contributed by atoms with Crippen molar-refractivity contribution in [1.82, 2.24) is 10.2 Å². The summed E-state index contributed by atoms with van der Waals surface area (Å²) in [6.45, 7) is 13.1. The van der Waals surface area contributed by atoms with Crippen molar-refractivity contribution in [1.29, 1.82) is 0 Å². The van der Waals surface area contributed by atoms with Gasteiger partial charge in [-0.05, 0) is 72.7 Å². The number of anilines is 1. The number of alkyl carbamates (subject to hydrolysis) is 1. The summed E-state index contributed by atoms with van der Waals surface area (Å²) in [6.07, 6.45) is 1.99. The molecule has 13 heteroatoms. The number of hydrogen-bond acceptors (Lipinski definition) is 10. The molecular weight excluding hydrogens is 654 g/mol. The van der Waals surface area contributed by atoms with Gasteiger partial charge in [0, 0.05) is 32.5 Å². The number of esters is 1. The van der Waals surface area contributed by atoms with Crippen molar-refractivity contribution < 1.29 is 43.2 Å². The van der Waals surface area contributed by atoms with Crippen LogP contribution in [0, 0.1) is 5.92 Å². The van der Waals surface area contributed by atoms with Gasteiger partial charge < -0.3 is 33.7 Å². The maximum Gasteiger partial charge on any atom is 0.409 e. The van der Waals surface area contributed by atoms with Crippen LogP contribution < -0.4 is 15.0 Å². The van der Waals surface area contributed by atoms with Crippen LogP contribution in [0.5, 0.6) is 5.75 Å². The summed E-state index contributed by atoms with van der Waals surface area (Å²) >= 11 is 6.76. The van der Waals surface area contributed by atoms with Gasteiger partial charge in [-0.25, -0.2) is 4.79 Å². The van der Waals surface area contributed by atoms with E-state index in [2.05, 4.69) is 5.32 Å². The number of methoxy groups -OCH3 is 2. The van der Waals surface area contributed by atoms with E-state index in [1.165, 1.54) is 19.1 Å². The quantitative estimate of drug-likeness (QED) is 0.314. The first-order valence-corrected chi connectivity index (χ1v) is 17.0. The number of ether oxygens (including phenoxy) is 5. The molecule has 2 saturated heterocycles. The molecule has 3 aliphatic rings. The molecule has 1 aromatic carbocycles. The van der Waals surface area contributed by atoms with Crippen LogP contribution >= 0.6 is 11.6 Å². The number of aliphatic hydroxyl groups is 1. The molecule has 2 fully saturated rings. The molecule has 0 radical (unpaired) electrons. The normalized spacial score (nSPS) is 34.7. The number of halogens is 1. The van der Waals surface area contributed by atoms with Crippen molar-refractivity contribution in [2.24, 2.45) is 5.92 Å². The molecule has 2 amide bonds.